The van der Waals surface area contributed by atoms with E-state index in [1.807, 2.05) is 39.3 Å². The van der Waals surface area contributed by atoms with E-state index in [2.05, 4.69) is 33.7 Å². The van der Waals surface area contributed by atoms with Crippen LogP contribution in [-0.2, 0) is 17.3 Å². The molecule has 0 aliphatic carbocycles. The summed E-state index contributed by atoms with van der Waals surface area (Å²) in [6, 6.07) is 2.09. The molecule has 2 N–H and O–H groups in total. The third-order valence-corrected chi connectivity index (χ3v) is 5.45. The predicted molar refractivity (Wildman–Crippen MR) is 103 cm³/mol. The topological polar surface area (TPSA) is 71.3 Å². The molecule has 0 radical (unpaired) electrons. The lowest BCUT2D eigenvalue weighted by Crippen LogP contribution is -2.40. The Morgan fingerprint density at radius 2 is 2.04 bits per heavy atom. The Kier molecular flexibility index (Phi) is 8.45. The Morgan fingerprint density at radius 3 is 2.58 bits per heavy atom. The van der Waals surface area contributed by atoms with Gasteiger partial charge in [0.2, 0.25) is 0 Å². The van der Waals surface area contributed by atoms with Crippen LogP contribution in [-0.4, -0.2) is 50.1 Å². The largest absolute Gasteiger partial charge is 0.357 e. The average molecular weight is 356 g/mol. The van der Waals surface area contributed by atoms with E-state index < -0.39 is 10.8 Å². The standard InChI is InChI=1S/C17H33N5OS/c1-7-18-16(20-10-12-24(23)17(4,5)6)19-9-8-11-22-15(3)13-14(2)21-22/h13H,7-12H2,1-6H3,(H2,18,19,20). The van der Waals surface area contributed by atoms with Crippen LogP contribution in [0.25, 0.3) is 0 Å². The van der Waals surface area contributed by atoms with Crippen LogP contribution in [0.5, 0.6) is 0 Å². The molecule has 0 fully saturated rings. The number of aryl methyl sites for hydroxylation is 3. The van der Waals surface area contributed by atoms with E-state index in [9.17, 15) is 4.21 Å². The SMILES string of the molecule is CCNC(=NCCCn1nc(C)cc1C)NCCS(=O)C(C)(C)C. The van der Waals surface area contributed by atoms with E-state index in [0.29, 0.717) is 12.3 Å². The van der Waals surface area contributed by atoms with Crippen LogP contribution in [0, 0.1) is 13.8 Å². The van der Waals surface area contributed by atoms with Gasteiger partial charge >= 0.3 is 0 Å². The lowest BCUT2D eigenvalue weighted by atomic mass is 10.3. The molecule has 0 aliphatic heterocycles. The molecular weight excluding hydrogens is 322 g/mol. The Hall–Kier alpha value is -1.37. The maximum Gasteiger partial charge on any atom is 0.191 e. The summed E-state index contributed by atoms with van der Waals surface area (Å²) >= 11 is 0. The minimum absolute atomic E-state index is 0.170. The molecule has 0 aromatic carbocycles. The van der Waals surface area contributed by atoms with Gasteiger partial charge in [-0.1, -0.05) is 0 Å². The molecule has 24 heavy (non-hydrogen) atoms. The highest BCUT2D eigenvalue weighted by Gasteiger charge is 2.18. The predicted octanol–water partition coefficient (Wildman–Crippen LogP) is 1.99. The summed E-state index contributed by atoms with van der Waals surface area (Å²) in [4.78, 5) is 4.58. The number of aliphatic imine (C=N–C) groups is 1. The molecule has 0 spiro atoms. The highest BCUT2D eigenvalue weighted by Crippen LogP contribution is 2.10. The van der Waals surface area contributed by atoms with Crippen LogP contribution in [0.2, 0.25) is 0 Å². The molecule has 6 nitrogen and oxygen atoms in total. The Balaban J connectivity index is 2.39. The zero-order valence-corrected chi connectivity index (χ0v) is 16.8. The third kappa shape index (κ3) is 7.47. The zero-order chi connectivity index (χ0) is 18.2. The molecule has 1 heterocycles. The molecule has 1 rings (SSSR count). The lowest BCUT2D eigenvalue weighted by molar-refractivity contribution is 0.567. The molecule has 0 bridgehead atoms. The molecule has 0 saturated carbocycles. The smallest absolute Gasteiger partial charge is 0.191 e. The van der Waals surface area contributed by atoms with Crippen molar-refractivity contribution in [2.24, 2.45) is 4.99 Å². The van der Waals surface area contributed by atoms with Gasteiger partial charge in [0.15, 0.2) is 5.96 Å². The highest BCUT2D eigenvalue weighted by atomic mass is 32.2. The number of rotatable bonds is 8. The maximum absolute atomic E-state index is 12.1. The molecule has 1 atom stereocenters. The van der Waals surface area contributed by atoms with E-state index >= 15 is 0 Å². The van der Waals surface area contributed by atoms with Gasteiger partial charge in [-0.15, -0.1) is 0 Å². The van der Waals surface area contributed by atoms with Crippen molar-refractivity contribution in [1.29, 1.82) is 0 Å². The maximum atomic E-state index is 12.1. The van der Waals surface area contributed by atoms with E-state index in [1.54, 1.807) is 0 Å². The molecule has 1 unspecified atom stereocenters. The number of aromatic nitrogens is 2. The molecular formula is C17H33N5OS. The zero-order valence-electron chi connectivity index (χ0n) is 16.0. The van der Waals surface area contributed by atoms with Crippen LogP contribution in [0.15, 0.2) is 11.1 Å². The first kappa shape index (κ1) is 20.7. The fourth-order valence-corrected chi connectivity index (χ4v) is 3.12. The van der Waals surface area contributed by atoms with Crippen LogP contribution in [0.1, 0.15) is 45.5 Å². The Bertz CT molecular complexity index is 560. The fourth-order valence-electron chi connectivity index (χ4n) is 2.22. The number of guanidine groups is 1. The summed E-state index contributed by atoms with van der Waals surface area (Å²) in [5, 5.41) is 10.9. The summed E-state index contributed by atoms with van der Waals surface area (Å²) in [6.07, 6.45) is 0.937. The number of hydrogen-bond acceptors (Lipinski definition) is 3. The van der Waals surface area contributed by atoms with Gasteiger partial charge in [-0.2, -0.15) is 5.10 Å². The number of hydrogen-bond donors (Lipinski definition) is 2. The van der Waals surface area contributed by atoms with Crippen molar-refractivity contribution in [3.8, 4) is 0 Å². The van der Waals surface area contributed by atoms with Gasteiger partial charge in [0.25, 0.3) is 0 Å². The monoisotopic (exact) mass is 355 g/mol. The minimum atomic E-state index is -0.847. The molecule has 0 amide bonds. The van der Waals surface area contributed by atoms with Crippen LogP contribution in [0.3, 0.4) is 0 Å². The van der Waals surface area contributed by atoms with Crippen LogP contribution in [0.4, 0.5) is 0 Å². The van der Waals surface area contributed by atoms with Crippen molar-refractivity contribution in [2.75, 3.05) is 25.4 Å². The van der Waals surface area contributed by atoms with Gasteiger partial charge < -0.3 is 10.6 Å². The van der Waals surface area contributed by atoms with Crippen LogP contribution < -0.4 is 10.6 Å². The summed E-state index contributed by atoms with van der Waals surface area (Å²) in [7, 11) is -0.847. The van der Waals surface area contributed by atoms with Crippen molar-refractivity contribution < 1.29 is 4.21 Å². The first-order valence-electron chi connectivity index (χ1n) is 8.65. The molecule has 0 saturated heterocycles. The van der Waals surface area contributed by atoms with Crippen LogP contribution >= 0.6 is 0 Å². The first-order valence-corrected chi connectivity index (χ1v) is 9.97. The summed E-state index contributed by atoms with van der Waals surface area (Å²) in [5.74, 6) is 1.41. The molecule has 138 valence electrons. The Labute approximate surface area is 149 Å². The van der Waals surface area contributed by atoms with Gasteiger partial charge in [0.05, 0.1) is 5.69 Å². The molecule has 1 aromatic heterocycles. The van der Waals surface area contributed by atoms with E-state index in [0.717, 1.165) is 37.7 Å². The second kappa shape index (κ2) is 9.81. The van der Waals surface area contributed by atoms with Crippen molar-refractivity contribution in [3.63, 3.8) is 0 Å². The summed E-state index contributed by atoms with van der Waals surface area (Å²) < 4.78 is 13.9. The van der Waals surface area contributed by atoms with Crippen molar-refractivity contribution in [1.82, 2.24) is 20.4 Å². The summed E-state index contributed by atoms with van der Waals surface area (Å²) in [5.41, 5.74) is 2.24. The molecule has 1 aromatic rings. The number of nitrogens with zero attached hydrogens (tertiary/aromatic N) is 3. The lowest BCUT2D eigenvalue weighted by Gasteiger charge is -2.18. The molecule has 0 aliphatic rings. The summed E-state index contributed by atoms with van der Waals surface area (Å²) in [6.45, 7) is 15.2. The first-order chi connectivity index (χ1) is 11.2. The average Bonchev–Trinajstić information content (AvgIpc) is 2.80. The van der Waals surface area contributed by atoms with Gasteiger partial charge in [-0.3, -0.25) is 13.9 Å². The van der Waals surface area contributed by atoms with Crippen molar-refractivity contribution >= 4 is 16.8 Å². The minimum Gasteiger partial charge on any atom is -0.357 e. The van der Waals surface area contributed by atoms with Gasteiger partial charge in [0, 0.05) is 53.2 Å². The quantitative estimate of drug-likeness (QED) is 0.425. The molecule has 7 heteroatoms. The second-order valence-electron chi connectivity index (χ2n) is 6.85. The van der Waals surface area contributed by atoms with E-state index in [-0.39, 0.29) is 4.75 Å². The van der Waals surface area contributed by atoms with Gasteiger partial charge in [0.1, 0.15) is 0 Å². The van der Waals surface area contributed by atoms with Crippen molar-refractivity contribution in [3.05, 3.63) is 17.5 Å². The second-order valence-corrected chi connectivity index (χ2v) is 9.18. The normalized spacial score (nSPS) is 13.8. The Morgan fingerprint density at radius 1 is 1.33 bits per heavy atom. The van der Waals surface area contributed by atoms with Crippen molar-refractivity contribution in [2.45, 2.75) is 59.3 Å². The fraction of sp³-hybridized carbons (Fsp3) is 0.765. The number of nitrogens with one attached hydrogen (secondary N) is 2. The van der Waals surface area contributed by atoms with Gasteiger partial charge in [-0.05, 0) is 54.0 Å². The van der Waals surface area contributed by atoms with E-state index in [1.165, 1.54) is 5.69 Å². The van der Waals surface area contributed by atoms with E-state index in [4.69, 9.17) is 0 Å². The van der Waals surface area contributed by atoms with Gasteiger partial charge in [-0.25, -0.2) is 0 Å². The third-order valence-electron chi connectivity index (χ3n) is 3.51. The highest BCUT2D eigenvalue weighted by molar-refractivity contribution is 7.86.